The lowest BCUT2D eigenvalue weighted by molar-refractivity contribution is -0.138. The molecule has 4 rings (SSSR count). The van der Waals surface area contributed by atoms with E-state index in [2.05, 4.69) is 89.8 Å². The lowest BCUT2D eigenvalue weighted by Crippen LogP contribution is -2.23. The third-order valence-electron chi connectivity index (χ3n) is 6.51. The second kappa shape index (κ2) is 11.7. The Bertz CT molecular complexity index is 939. The molecular formula is C29H33NO3. The molecule has 0 saturated heterocycles. The fraction of sp³-hybridized carbons (Fsp3) is 0.345. The monoisotopic (exact) mass is 443 g/mol. The molecule has 4 nitrogen and oxygen atoms in total. The third-order valence-corrected chi connectivity index (χ3v) is 6.51. The summed E-state index contributed by atoms with van der Waals surface area (Å²) >= 11 is 0. The number of ether oxygens (including phenoxy) is 1. The Labute approximate surface area is 196 Å². The van der Waals surface area contributed by atoms with E-state index in [1.54, 1.807) is 0 Å². The highest BCUT2D eigenvalue weighted by Gasteiger charge is 2.23. The lowest BCUT2D eigenvalue weighted by Gasteiger charge is -2.30. The number of rotatable bonds is 10. The molecule has 1 aliphatic rings. The van der Waals surface area contributed by atoms with Crippen LogP contribution in [0.1, 0.15) is 54.7 Å². The van der Waals surface area contributed by atoms with Gasteiger partial charge in [0.15, 0.2) is 0 Å². The van der Waals surface area contributed by atoms with Gasteiger partial charge in [0.2, 0.25) is 0 Å². The van der Waals surface area contributed by atoms with Crippen molar-refractivity contribution in [3.8, 4) is 0 Å². The topological polar surface area (TPSA) is 49.8 Å². The minimum atomic E-state index is -0.794. The van der Waals surface area contributed by atoms with Crippen LogP contribution in [-0.4, -0.2) is 23.8 Å². The molecule has 0 bridgehead atoms. The average molecular weight is 444 g/mol. The zero-order valence-corrected chi connectivity index (χ0v) is 19.1. The molecule has 0 heterocycles. The van der Waals surface area contributed by atoms with Crippen molar-refractivity contribution in [3.63, 3.8) is 0 Å². The summed E-state index contributed by atoms with van der Waals surface area (Å²) in [6, 6.07) is 30.3. The maximum absolute atomic E-state index is 10.7. The van der Waals surface area contributed by atoms with E-state index in [0.717, 1.165) is 38.8 Å². The molecule has 4 heteroatoms. The Hall–Kier alpha value is -3.11. The van der Waals surface area contributed by atoms with Crippen LogP contribution in [0.2, 0.25) is 0 Å². The smallest absolute Gasteiger partial charge is 0.305 e. The molecule has 0 aromatic heterocycles. The summed E-state index contributed by atoms with van der Waals surface area (Å²) in [6.45, 7) is 2.06. The Morgan fingerprint density at radius 2 is 1.33 bits per heavy atom. The molecule has 1 saturated carbocycles. The zero-order valence-electron chi connectivity index (χ0n) is 19.1. The number of benzene rings is 3. The number of hydrogen-bond acceptors (Lipinski definition) is 3. The van der Waals surface area contributed by atoms with Crippen LogP contribution in [-0.2, 0) is 22.6 Å². The first-order valence-corrected chi connectivity index (χ1v) is 11.9. The highest BCUT2D eigenvalue weighted by molar-refractivity contribution is 5.66. The maximum atomic E-state index is 10.7. The second-order valence-corrected chi connectivity index (χ2v) is 8.91. The second-order valence-electron chi connectivity index (χ2n) is 8.91. The Balaban J connectivity index is 1.39. The SMILES string of the molecule is O=C(O)CCOC1CCC(c2ccc(N(Cc3ccccc3)Cc3ccccc3)cc2)CC1. The van der Waals surface area contributed by atoms with Crippen LogP contribution in [0.15, 0.2) is 84.9 Å². The first-order valence-electron chi connectivity index (χ1n) is 11.9. The summed E-state index contributed by atoms with van der Waals surface area (Å²) in [5.74, 6) is -0.243. The first kappa shape index (κ1) is 23.1. The number of carboxylic acid groups (broad SMARTS) is 1. The molecule has 0 aliphatic heterocycles. The van der Waals surface area contributed by atoms with Gasteiger partial charge in [-0.3, -0.25) is 4.79 Å². The minimum absolute atomic E-state index is 0.0872. The molecule has 0 spiro atoms. The predicted octanol–water partition coefficient (Wildman–Crippen LogP) is 6.41. The first-order chi connectivity index (χ1) is 16.2. The molecule has 0 atom stereocenters. The summed E-state index contributed by atoms with van der Waals surface area (Å²) in [5, 5.41) is 8.78. The average Bonchev–Trinajstić information content (AvgIpc) is 2.85. The highest BCUT2D eigenvalue weighted by Crippen LogP contribution is 2.35. The van der Waals surface area contributed by atoms with E-state index < -0.39 is 5.97 Å². The normalized spacial score (nSPS) is 18.1. The van der Waals surface area contributed by atoms with Crippen LogP contribution in [0.3, 0.4) is 0 Å². The predicted molar refractivity (Wildman–Crippen MR) is 132 cm³/mol. The molecule has 1 aliphatic carbocycles. The van der Waals surface area contributed by atoms with Gasteiger partial charge >= 0.3 is 5.97 Å². The zero-order chi connectivity index (χ0) is 22.9. The number of hydrogen-bond donors (Lipinski definition) is 1. The van der Waals surface area contributed by atoms with Gasteiger partial charge in [0.05, 0.1) is 19.1 Å². The number of aliphatic carboxylic acids is 1. The third kappa shape index (κ3) is 6.93. The van der Waals surface area contributed by atoms with Crippen LogP contribution in [0.5, 0.6) is 0 Å². The van der Waals surface area contributed by atoms with E-state index >= 15 is 0 Å². The van der Waals surface area contributed by atoms with Gasteiger partial charge in [0.1, 0.15) is 0 Å². The molecule has 0 unspecified atom stereocenters. The Morgan fingerprint density at radius 3 is 1.85 bits per heavy atom. The van der Waals surface area contributed by atoms with E-state index in [1.165, 1.54) is 22.4 Å². The van der Waals surface area contributed by atoms with Crippen molar-refractivity contribution in [2.75, 3.05) is 11.5 Å². The highest BCUT2D eigenvalue weighted by atomic mass is 16.5. The largest absolute Gasteiger partial charge is 0.481 e. The van der Waals surface area contributed by atoms with Crippen molar-refractivity contribution in [2.24, 2.45) is 0 Å². The molecule has 33 heavy (non-hydrogen) atoms. The van der Waals surface area contributed by atoms with Gasteiger partial charge < -0.3 is 14.7 Å². The van der Waals surface area contributed by atoms with E-state index in [9.17, 15) is 4.79 Å². The van der Waals surface area contributed by atoms with Crippen molar-refractivity contribution in [1.82, 2.24) is 0 Å². The summed E-state index contributed by atoms with van der Waals surface area (Å²) in [4.78, 5) is 13.1. The van der Waals surface area contributed by atoms with Crippen molar-refractivity contribution in [1.29, 1.82) is 0 Å². The molecule has 1 fully saturated rings. The summed E-state index contributed by atoms with van der Waals surface area (Å²) < 4.78 is 5.75. The molecule has 0 radical (unpaired) electrons. The van der Waals surface area contributed by atoms with Gasteiger partial charge in [0.25, 0.3) is 0 Å². The quantitative estimate of drug-likeness (QED) is 0.393. The van der Waals surface area contributed by atoms with Gasteiger partial charge in [-0.15, -0.1) is 0 Å². The molecule has 172 valence electrons. The molecule has 1 N–H and O–H groups in total. The lowest BCUT2D eigenvalue weighted by atomic mass is 9.82. The summed E-state index contributed by atoms with van der Waals surface area (Å²) in [7, 11) is 0. The molecular weight excluding hydrogens is 410 g/mol. The van der Waals surface area contributed by atoms with Gasteiger partial charge in [-0.25, -0.2) is 0 Å². The van der Waals surface area contributed by atoms with Gasteiger partial charge in [-0.1, -0.05) is 72.8 Å². The number of nitrogens with zero attached hydrogens (tertiary/aromatic N) is 1. The number of anilines is 1. The minimum Gasteiger partial charge on any atom is -0.481 e. The van der Waals surface area contributed by atoms with Gasteiger partial charge in [-0.05, 0) is 60.4 Å². The van der Waals surface area contributed by atoms with Crippen molar-refractivity contribution < 1.29 is 14.6 Å². The van der Waals surface area contributed by atoms with Gasteiger partial charge in [-0.2, -0.15) is 0 Å². The van der Waals surface area contributed by atoms with Crippen LogP contribution in [0.4, 0.5) is 5.69 Å². The van der Waals surface area contributed by atoms with Crippen molar-refractivity contribution >= 4 is 11.7 Å². The number of carboxylic acids is 1. The standard InChI is InChI=1S/C29H33NO3/c31-29(32)19-20-33-28-17-13-26(14-18-28)25-11-15-27(16-12-25)30(21-23-7-3-1-4-8-23)22-24-9-5-2-6-10-24/h1-12,15-16,26,28H,13-14,17-22H2,(H,31,32). The van der Waals surface area contributed by atoms with E-state index in [1.807, 2.05) is 0 Å². The van der Waals surface area contributed by atoms with E-state index in [-0.39, 0.29) is 12.5 Å². The fourth-order valence-corrected chi connectivity index (χ4v) is 4.68. The fourth-order valence-electron chi connectivity index (χ4n) is 4.68. The van der Waals surface area contributed by atoms with Crippen LogP contribution in [0, 0.1) is 0 Å². The number of carbonyl (C=O) groups is 1. The summed E-state index contributed by atoms with van der Waals surface area (Å²) in [5.41, 5.74) is 5.23. The van der Waals surface area contributed by atoms with Crippen LogP contribution < -0.4 is 4.90 Å². The Kier molecular flexibility index (Phi) is 8.15. The molecule has 0 amide bonds. The summed E-state index contributed by atoms with van der Waals surface area (Å²) in [6.07, 6.45) is 4.47. The van der Waals surface area contributed by atoms with Gasteiger partial charge in [0, 0.05) is 18.8 Å². The Morgan fingerprint density at radius 1 is 0.788 bits per heavy atom. The van der Waals surface area contributed by atoms with E-state index in [0.29, 0.717) is 12.5 Å². The molecule has 3 aromatic carbocycles. The van der Waals surface area contributed by atoms with Crippen molar-refractivity contribution in [3.05, 3.63) is 102 Å². The maximum Gasteiger partial charge on any atom is 0.305 e. The van der Waals surface area contributed by atoms with Crippen LogP contribution >= 0.6 is 0 Å². The van der Waals surface area contributed by atoms with Crippen molar-refractivity contribution in [2.45, 2.75) is 57.2 Å². The van der Waals surface area contributed by atoms with Crippen LogP contribution in [0.25, 0.3) is 0 Å². The molecule has 3 aromatic rings. The van der Waals surface area contributed by atoms with E-state index in [4.69, 9.17) is 9.84 Å².